The molecule has 1 aliphatic carbocycles. The largest absolute Gasteiger partial charge is 0.379 e. The standard InChI is InChI=1S/C12H8BrClN2S2.C6H10F2.C2H6/c13-8-6-18-12-9(4-10(14)16-11(8)12)15-5-7-2-1-3-17-7;7-6(8)4-2-1-3-5-6;1-2/h1-4,6H,5H2,(H,15,16);1-5H2;1-2H3. The fraction of sp³-hybridized carbons (Fsp3) is 0.450. The zero-order valence-corrected chi connectivity index (χ0v) is 19.9. The van der Waals surface area contributed by atoms with Gasteiger partial charge in [-0.15, -0.1) is 22.7 Å². The highest BCUT2D eigenvalue weighted by Crippen LogP contribution is 2.36. The second kappa shape index (κ2) is 11.4. The summed E-state index contributed by atoms with van der Waals surface area (Å²) in [6, 6.07) is 6.04. The number of nitrogens with one attached hydrogen (secondary N) is 1. The molecule has 0 amide bonds. The van der Waals surface area contributed by atoms with E-state index in [0.717, 1.165) is 33.3 Å². The van der Waals surface area contributed by atoms with Crippen LogP contribution in [0.1, 0.15) is 50.8 Å². The first-order chi connectivity index (χ1) is 13.4. The molecule has 0 radical (unpaired) electrons. The third-order valence-corrected chi connectivity index (χ3v) is 7.05. The summed E-state index contributed by atoms with van der Waals surface area (Å²) in [5.74, 6) is -2.32. The molecule has 1 saturated carbocycles. The van der Waals surface area contributed by atoms with E-state index in [-0.39, 0.29) is 12.8 Å². The van der Waals surface area contributed by atoms with E-state index < -0.39 is 5.92 Å². The Morgan fingerprint density at radius 3 is 2.50 bits per heavy atom. The lowest BCUT2D eigenvalue weighted by Gasteiger charge is -2.20. The fourth-order valence-electron chi connectivity index (χ4n) is 2.75. The normalized spacial score (nSPS) is 15.2. The lowest BCUT2D eigenvalue weighted by Crippen LogP contribution is -2.18. The highest BCUT2D eigenvalue weighted by Gasteiger charge is 2.30. The summed E-state index contributed by atoms with van der Waals surface area (Å²) in [7, 11) is 0. The van der Waals surface area contributed by atoms with Gasteiger partial charge < -0.3 is 5.32 Å². The zero-order chi connectivity index (χ0) is 20.6. The minimum Gasteiger partial charge on any atom is -0.379 e. The summed E-state index contributed by atoms with van der Waals surface area (Å²) >= 11 is 12.9. The first kappa shape index (κ1) is 23.5. The maximum Gasteiger partial charge on any atom is 0.248 e. The molecule has 8 heteroatoms. The Balaban J connectivity index is 0.000000236. The molecule has 0 bridgehead atoms. The first-order valence-electron chi connectivity index (χ1n) is 9.32. The maximum atomic E-state index is 12.2. The third kappa shape index (κ3) is 6.94. The van der Waals surface area contributed by atoms with Gasteiger partial charge in [0.2, 0.25) is 5.92 Å². The summed E-state index contributed by atoms with van der Waals surface area (Å²) in [5, 5.41) is 8.04. The fourth-order valence-corrected chi connectivity index (χ4v) is 5.14. The Morgan fingerprint density at radius 2 is 1.93 bits per heavy atom. The van der Waals surface area contributed by atoms with Crippen molar-refractivity contribution in [2.75, 3.05) is 5.32 Å². The van der Waals surface area contributed by atoms with Crippen LogP contribution < -0.4 is 5.32 Å². The number of rotatable bonds is 3. The average molecular weight is 510 g/mol. The number of hydrogen-bond donors (Lipinski definition) is 1. The molecule has 4 rings (SSSR count). The average Bonchev–Trinajstić information content (AvgIpc) is 3.32. The number of anilines is 1. The van der Waals surface area contributed by atoms with Gasteiger partial charge >= 0.3 is 0 Å². The van der Waals surface area contributed by atoms with Crippen LogP contribution in [0.5, 0.6) is 0 Å². The van der Waals surface area contributed by atoms with Crippen molar-refractivity contribution in [2.24, 2.45) is 0 Å². The molecule has 28 heavy (non-hydrogen) atoms. The van der Waals surface area contributed by atoms with Gasteiger partial charge in [0, 0.05) is 35.7 Å². The SMILES string of the molecule is CC.Clc1cc(NCc2cccs2)c2scc(Br)c2n1.FC1(F)CCCCC1. The summed E-state index contributed by atoms with van der Waals surface area (Å²) in [6.45, 7) is 4.81. The van der Waals surface area contributed by atoms with Gasteiger partial charge in [-0.25, -0.2) is 13.8 Å². The second-order valence-electron chi connectivity index (χ2n) is 6.10. The van der Waals surface area contributed by atoms with Gasteiger partial charge in [-0.3, -0.25) is 0 Å². The molecule has 3 aromatic rings. The Morgan fingerprint density at radius 1 is 1.21 bits per heavy atom. The second-order valence-corrected chi connectivity index (χ2v) is 9.26. The molecule has 154 valence electrons. The first-order valence-corrected chi connectivity index (χ1v) is 12.2. The molecule has 0 saturated heterocycles. The van der Waals surface area contributed by atoms with E-state index in [9.17, 15) is 8.78 Å². The van der Waals surface area contributed by atoms with Crippen LogP contribution in [0.25, 0.3) is 10.2 Å². The summed E-state index contributed by atoms with van der Waals surface area (Å²) in [6.07, 6.45) is 2.66. The Kier molecular flexibility index (Phi) is 9.60. The number of thiophene rings is 2. The van der Waals surface area contributed by atoms with E-state index in [0.29, 0.717) is 18.0 Å². The van der Waals surface area contributed by atoms with Gasteiger partial charge in [0.25, 0.3) is 0 Å². The molecular formula is C20H24BrClF2N2S2. The summed E-state index contributed by atoms with van der Waals surface area (Å²) in [4.78, 5) is 5.63. The highest BCUT2D eigenvalue weighted by atomic mass is 79.9. The van der Waals surface area contributed by atoms with Gasteiger partial charge in [0.05, 0.1) is 20.4 Å². The van der Waals surface area contributed by atoms with Crippen LogP contribution in [0.3, 0.4) is 0 Å². The van der Waals surface area contributed by atoms with E-state index in [2.05, 4.69) is 43.7 Å². The van der Waals surface area contributed by atoms with Crippen LogP contribution in [0, 0.1) is 0 Å². The van der Waals surface area contributed by atoms with E-state index in [1.807, 2.05) is 25.3 Å². The molecule has 3 aromatic heterocycles. The molecule has 0 atom stereocenters. The van der Waals surface area contributed by atoms with Crippen LogP contribution in [0.2, 0.25) is 5.15 Å². The number of aromatic nitrogens is 1. The Labute approximate surface area is 186 Å². The number of fused-ring (bicyclic) bond motifs is 1. The van der Waals surface area contributed by atoms with E-state index in [4.69, 9.17) is 11.6 Å². The summed E-state index contributed by atoms with van der Waals surface area (Å²) < 4.78 is 26.5. The van der Waals surface area contributed by atoms with Crippen LogP contribution >= 0.6 is 50.2 Å². The molecule has 0 unspecified atom stereocenters. The molecule has 1 N–H and O–H groups in total. The van der Waals surface area contributed by atoms with Crippen molar-refractivity contribution >= 4 is 66.1 Å². The molecule has 0 aliphatic heterocycles. The van der Waals surface area contributed by atoms with Crippen molar-refractivity contribution in [3.8, 4) is 0 Å². The third-order valence-electron chi connectivity index (χ3n) is 4.07. The number of alkyl halides is 2. The molecule has 1 aliphatic rings. The predicted molar refractivity (Wildman–Crippen MR) is 123 cm³/mol. The van der Waals surface area contributed by atoms with Crippen molar-refractivity contribution in [1.82, 2.24) is 4.98 Å². The predicted octanol–water partition coefficient (Wildman–Crippen LogP) is 9.00. The van der Waals surface area contributed by atoms with Crippen molar-refractivity contribution < 1.29 is 8.78 Å². The quantitative estimate of drug-likeness (QED) is 0.356. The smallest absolute Gasteiger partial charge is 0.248 e. The minimum absolute atomic E-state index is 0.118. The van der Waals surface area contributed by atoms with Crippen LogP contribution in [0.15, 0.2) is 33.4 Å². The van der Waals surface area contributed by atoms with E-state index in [1.54, 1.807) is 22.7 Å². The van der Waals surface area contributed by atoms with Crippen molar-refractivity contribution in [3.05, 3.63) is 43.5 Å². The molecule has 1 fully saturated rings. The zero-order valence-electron chi connectivity index (χ0n) is 15.9. The van der Waals surface area contributed by atoms with Crippen molar-refractivity contribution in [2.45, 2.75) is 58.4 Å². The molecule has 0 aromatic carbocycles. The van der Waals surface area contributed by atoms with E-state index in [1.165, 1.54) is 4.88 Å². The van der Waals surface area contributed by atoms with E-state index >= 15 is 0 Å². The number of halogens is 4. The monoisotopic (exact) mass is 508 g/mol. The molecular weight excluding hydrogens is 486 g/mol. The lowest BCUT2D eigenvalue weighted by molar-refractivity contribution is -0.0337. The topological polar surface area (TPSA) is 24.9 Å². The Bertz CT molecular complexity index is 845. The van der Waals surface area contributed by atoms with Crippen LogP contribution in [-0.4, -0.2) is 10.9 Å². The summed E-state index contributed by atoms with van der Waals surface area (Å²) in [5.41, 5.74) is 1.95. The van der Waals surface area contributed by atoms with Crippen LogP contribution in [0.4, 0.5) is 14.5 Å². The minimum atomic E-state index is -2.32. The molecule has 0 spiro atoms. The number of pyridine rings is 1. The number of nitrogens with zero attached hydrogens (tertiary/aromatic N) is 1. The molecule has 3 heterocycles. The Hall–Kier alpha value is -0.760. The van der Waals surface area contributed by atoms with Gasteiger partial charge in [-0.1, -0.05) is 37.9 Å². The highest BCUT2D eigenvalue weighted by molar-refractivity contribution is 9.10. The maximum absolute atomic E-state index is 12.2. The van der Waals surface area contributed by atoms with Gasteiger partial charge in [-0.2, -0.15) is 0 Å². The molecule has 2 nitrogen and oxygen atoms in total. The van der Waals surface area contributed by atoms with Gasteiger partial charge in [0.1, 0.15) is 5.15 Å². The van der Waals surface area contributed by atoms with Crippen molar-refractivity contribution in [1.29, 1.82) is 0 Å². The van der Waals surface area contributed by atoms with Gasteiger partial charge in [0.15, 0.2) is 0 Å². The van der Waals surface area contributed by atoms with Gasteiger partial charge in [-0.05, 0) is 40.2 Å². The number of hydrogen-bond acceptors (Lipinski definition) is 4. The van der Waals surface area contributed by atoms with Crippen LogP contribution in [-0.2, 0) is 6.54 Å². The van der Waals surface area contributed by atoms with Crippen molar-refractivity contribution in [3.63, 3.8) is 0 Å². The lowest BCUT2D eigenvalue weighted by atomic mass is 9.97.